The smallest absolute Gasteiger partial charge is 0.309 e. The van der Waals surface area contributed by atoms with Crippen molar-refractivity contribution >= 4 is 24.0 Å². The van der Waals surface area contributed by atoms with Crippen LogP contribution in [-0.4, -0.2) is 20.5 Å². The van der Waals surface area contributed by atoms with Crippen LogP contribution < -0.4 is 0 Å². The Hall–Kier alpha value is -1.55. The molecular weight excluding hydrogens is 216 g/mol. The summed E-state index contributed by atoms with van der Waals surface area (Å²) in [7, 11) is 0. The Morgan fingerprint density at radius 1 is 1.60 bits per heavy atom. The molecule has 0 spiro atoms. The van der Waals surface area contributed by atoms with Gasteiger partial charge < -0.3 is 9.51 Å². The Kier molecular flexibility index (Phi) is 3.31. The van der Waals surface area contributed by atoms with Crippen LogP contribution in [0.4, 0.5) is 0 Å². The highest BCUT2D eigenvalue weighted by Crippen LogP contribution is 2.09. The summed E-state index contributed by atoms with van der Waals surface area (Å²) in [5.74, 6) is -0.856. The summed E-state index contributed by atoms with van der Waals surface area (Å²) in [6.45, 7) is 1.95. The van der Waals surface area contributed by atoms with Gasteiger partial charge in [-0.1, -0.05) is 6.07 Å². The first-order valence-electron chi connectivity index (χ1n) is 4.32. The van der Waals surface area contributed by atoms with E-state index in [4.69, 9.17) is 5.11 Å². The number of hydrogen-bond donors (Lipinski definition) is 1. The van der Waals surface area contributed by atoms with Crippen molar-refractivity contribution in [3.63, 3.8) is 0 Å². The van der Waals surface area contributed by atoms with Crippen LogP contribution in [0.3, 0.4) is 0 Å². The zero-order chi connectivity index (χ0) is 10.1. The van der Waals surface area contributed by atoms with E-state index in [9.17, 15) is 4.79 Å². The molecule has 2 rings (SSSR count). The van der Waals surface area contributed by atoms with Crippen LogP contribution in [0.2, 0.25) is 0 Å². The molecule has 15 heavy (non-hydrogen) atoms. The van der Waals surface area contributed by atoms with Crippen molar-refractivity contribution in [2.45, 2.75) is 13.3 Å². The quantitative estimate of drug-likeness (QED) is 0.848. The van der Waals surface area contributed by atoms with Gasteiger partial charge in [-0.25, -0.2) is 4.98 Å². The van der Waals surface area contributed by atoms with Gasteiger partial charge in [-0.15, -0.1) is 12.4 Å². The van der Waals surface area contributed by atoms with Crippen molar-refractivity contribution in [3.05, 3.63) is 35.8 Å². The summed E-state index contributed by atoms with van der Waals surface area (Å²) in [4.78, 5) is 14.7. The molecule has 0 bridgehead atoms. The third-order valence-electron chi connectivity index (χ3n) is 2.06. The van der Waals surface area contributed by atoms with Gasteiger partial charge in [0.1, 0.15) is 5.65 Å². The minimum absolute atomic E-state index is 0. The number of pyridine rings is 1. The van der Waals surface area contributed by atoms with E-state index in [0.717, 1.165) is 11.2 Å². The lowest BCUT2D eigenvalue weighted by molar-refractivity contribution is -0.136. The van der Waals surface area contributed by atoms with Gasteiger partial charge in [0.15, 0.2) is 0 Å². The Morgan fingerprint density at radius 2 is 2.33 bits per heavy atom. The van der Waals surface area contributed by atoms with E-state index in [0.29, 0.717) is 5.69 Å². The second kappa shape index (κ2) is 4.31. The fourth-order valence-electron chi connectivity index (χ4n) is 1.44. The summed E-state index contributed by atoms with van der Waals surface area (Å²) in [6.07, 6.45) is 3.58. The van der Waals surface area contributed by atoms with Gasteiger partial charge in [0.05, 0.1) is 12.1 Å². The number of halogens is 1. The number of rotatable bonds is 2. The Bertz CT molecular complexity index is 493. The van der Waals surface area contributed by atoms with E-state index in [1.54, 1.807) is 6.20 Å². The van der Waals surface area contributed by atoms with Crippen LogP contribution in [0.25, 0.3) is 5.65 Å². The summed E-state index contributed by atoms with van der Waals surface area (Å²) in [5.41, 5.74) is 2.46. The van der Waals surface area contributed by atoms with Crippen LogP contribution >= 0.6 is 12.4 Å². The second-order valence-electron chi connectivity index (χ2n) is 3.22. The molecule has 1 N–H and O–H groups in total. The lowest BCUT2D eigenvalue weighted by Gasteiger charge is -1.93. The number of carboxylic acids is 1. The topological polar surface area (TPSA) is 54.6 Å². The number of aliphatic carboxylic acids is 1. The molecule has 0 aromatic carbocycles. The van der Waals surface area contributed by atoms with E-state index in [1.165, 1.54) is 0 Å². The maximum Gasteiger partial charge on any atom is 0.309 e. The SMILES string of the molecule is Cc1cccn2cc(CC(=O)O)nc12.Cl. The van der Waals surface area contributed by atoms with E-state index in [2.05, 4.69) is 4.98 Å². The van der Waals surface area contributed by atoms with Gasteiger partial charge in [-0.05, 0) is 18.6 Å². The molecule has 0 amide bonds. The van der Waals surface area contributed by atoms with Crippen molar-refractivity contribution < 1.29 is 9.90 Å². The summed E-state index contributed by atoms with van der Waals surface area (Å²) in [5, 5.41) is 8.61. The van der Waals surface area contributed by atoms with Crippen molar-refractivity contribution in [1.82, 2.24) is 9.38 Å². The molecule has 80 valence electrons. The maximum atomic E-state index is 10.5. The van der Waals surface area contributed by atoms with Crippen LogP contribution in [-0.2, 0) is 11.2 Å². The van der Waals surface area contributed by atoms with Gasteiger partial charge in [0.25, 0.3) is 0 Å². The predicted octanol–water partition coefficient (Wildman–Crippen LogP) is 1.69. The van der Waals surface area contributed by atoms with Crippen molar-refractivity contribution in [1.29, 1.82) is 0 Å². The Balaban J connectivity index is 0.00000112. The number of carbonyl (C=O) groups is 1. The van der Waals surface area contributed by atoms with Gasteiger partial charge in [-0.2, -0.15) is 0 Å². The normalized spacial score (nSPS) is 9.93. The zero-order valence-electron chi connectivity index (χ0n) is 8.17. The molecule has 2 aromatic rings. The maximum absolute atomic E-state index is 10.5. The van der Waals surface area contributed by atoms with Crippen molar-refractivity contribution in [3.8, 4) is 0 Å². The first-order valence-corrected chi connectivity index (χ1v) is 4.32. The fourth-order valence-corrected chi connectivity index (χ4v) is 1.44. The molecule has 0 unspecified atom stereocenters. The molecule has 0 aliphatic heterocycles. The molecule has 0 aliphatic rings. The van der Waals surface area contributed by atoms with E-state index >= 15 is 0 Å². The number of imidazole rings is 1. The van der Waals surface area contributed by atoms with E-state index < -0.39 is 5.97 Å². The van der Waals surface area contributed by atoms with Crippen LogP contribution in [0.15, 0.2) is 24.5 Å². The number of nitrogens with zero attached hydrogens (tertiary/aromatic N) is 2. The Labute approximate surface area is 93.0 Å². The highest BCUT2D eigenvalue weighted by atomic mass is 35.5. The fraction of sp³-hybridized carbons (Fsp3) is 0.200. The van der Waals surface area contributed by atoms with Crippen molar-refractivity contribution in [2.24, 2.45) is 0 Å². The molecule has 0 fully saturated rings. The predicted molar refractivity (Wildman–Crippen MR) is 58.5 cm³/mol. The number of carboxylic acid groups (broad SMARTS) is 1. The van der Waals surface area contributed by atoms with Gasteiger partial charge in [-0.3, -0.25) is 4.79 Å². The van der Waals surface area contributed by atoms with Crippen LogP contribution in [0, 0.1) is 6.92 Å². The monoisotopic (exact) mass is 226 g/mol. The van der Waals surface area contributed by atoms with Gasteiger partial charge in [0.2, 0.25) is 0 Å². The lowest BCUT2D eigenvalue weighted by atomic mass is 10.3. The standard InChI is InChI=1S/C10H10N2O2.ClH/c1-7-3-2-4-12-6-8(5-9(13)14)11-10(7)12;/h2-4,6H,5H2,1H3,(H,13,14);1H. The summed E-state index contributed by atoms with van der Waals surface area (Å²) >= 11 is 0. The molecule has 0 radical (unpaired) electrons. The third kappa shape index (κ3) is 2.27. The largest absolute Gasteiger partial charge is 0.481 e. The van der Waals surface area contributed by atoms with E-state index in [1.807, 2.05) is 29.7 Å². The Morgan fingerprint density at radius 3 is 2.93 bits per heavy atom. The molecule has 0 aliphatic carbocycles. The summed E-state index contributed by atoms with van der Waals surface area (Å²) < 4.78 is 1.84. The van der Waals surface area contributed by atoms with Crippen LogP contribution in [0.5, 0.6) is 0 Å². The van der Waals surface area contributed by atoms with E-state index in [-0.39, 0.29) is 18.8 Å². The number of hydrogen-bond acceptors (Lipinski definition) is 2. The molecule has 2 aromatic heterocycles. The molecule has 2 heterocycles. The lowest BCUT2D eigenvalue weighted by Crippen LogP contribution is -1.99. The molecule has 0 saturated carbocycles. The number of fused-ring (bicyclic) bond motifs is 1. The average molecular weight is 227 g/mol. The molecule has 0 saturated heterocycles. The highest BCUT2D eigenvalue weighted by molar-refractivity contribution is 5.85. The molecule has 0 atom stereocenters. The van der Waals surface area contributed by atoms with Gasteiger partial charge >= 0.3 is 5.97 Å². The van der Waals surface area contributed by atoms with Crippen molar-refractivity contribution in [2.75, 3.05) is 0 Å². The van der Waals surface area contributed by atoms with Gasteiger partial charge in [0, 0.05) is 12.4 Å². The average Bonchev–Trinajstić information content (AvgIpc) is 2.47. The number of aromatic nitrogens is 2. The number of aryl methyl sites for hydroxylation is 1. The summed E-state index contributed by atoms with van der Waals surface area (Å²) in [6, 6.07) is 3.86. The molecule has 5 heteroatoms. The third-order valence-corrected chi connectivity index (χ3v) is 2.06. The zero-order valence-corrected chi connectivity index (χ0v) is 8.99. The molecular formula is C10H11ClN2O2. The first-order chi connectivity index (χ1) is 6.66. The minimum atomic E-state index is -0.856. The minimum Gasteiger partial charge on any atom is -0.481 e. The second-order valence-corrected chi connectivity index (χ2v) is 3.22. The van der Waals surface area contributed by atoms with Crippen LogP contribution in [0.1, 0.15) is 11.3 Å². The molecule has 4 nitrogen and oxygen atoms in total. The highest BCUT2D eigenvalue weighted by Gasteiger charge is 2.06. The first kappa shape index (κ1) is 11.5.